The summed E-state index contributed by atoms with van der Waals surface area (Å²) in [5.41, 5.74) is 3.71. The Morgan fingerprint density at radius 1 is 1.26 bits per heavy atom. The smallest absolute Gasteiger partial charge is 0.280 e. The van der Waals surface area contributed by atoms with Gasteiger partial charge in [-0.25, -0.2) is 9.66 Å². The van der Waals surface area contributed by atoms with E-state index in [0.29, 0.717) is 10.5 Å². The zero-order valence-electron chi connectivity index (χ0n) is 14.0. The molecule has 0 aliphatic carbocycles. The van der Waals surface area contributed by atoms with Crippen LogP contribution < -0.4 is 11.0 Å². The molecule has 1 heterocycles. The maximum absolute atomic E-state index is 12.8. The van der Waals surface area contributed by atoms with E-state index < -0.39 is 0 Å². The van der Waals surface area contributed by atoms with Gasteiger partial charge < -0.3 is 4.90 Å². The van der Waals surface area contributed by atoms with Gasteiger partial charge in [0.05, 0.1) is 10.9 Å². The second-order valence-electron chi connectivity index (χ2n) is 5.38. The Bertz CT molecular complexity index is 737. The lowest BCUT2D eigenvalue weighted by atomic mass is 10.2. The predicted octanol–water partition coefficient (Wildman–Crippen LogP) is 2.91. The Kier molecular flexibility index (Phi) is 6.10. The van der Waals surface area contributed by atoms with Crippen molar-refractivity contribution in [3.8, 4) is 0 Å². The minimum absolute atomic E-state index is 0.101. The second kappa shape index (κ2) is 8.06. The predicted molar refractivity (Wildman–Crippen MR) is 99.5 cm³/mol. The Morgan fingerprint density at radius 3 is 2.61 bits per heavy atom. The number of hydrogen-bond donors (Lipinski definition) is 1. The van der Waals surface area contributed by atoms with Gasteiger partial charge in [0.2, 0.25) is 0 Å². The minimum Gasteiger partial charge on any atom is -0.348 e. The van der Waals surface area contributed by atoms with Crippen molar-refractivity contribution < 1.29 is 0 Å². The maximum Gasteiger partial charge on any atom is 0.280 e. The van der Waals surface area contributed by atoms with Crippen molar-refractivity contribution >= 4 is 28.2 Å². The number of benzene rings is 1. The summed E-state index contributed by atoms with van der Waals surface area (Å²) in [6.45, 7) is 7.79. The molecule has 0 saturated heterocycles. The van der Waals surface area contributed by atoms with Crippen LogP contribution in [-0.2, 0) is 6.42 Å². The van der Waals surface area contributed by atoms with Gasteiger partial charge in [0.25, 0.3) is 5.56 Å². The fourth-order valence-corrected chi connectivity index (χ4v) is 2.82. The van der Waals surface area contributed by atoms with E-state index in [4.69, 9.17) is 12.2 Å². The van der Waals surface area contributed by atoms with Crippen LogP contribution in [0.3, 0.4) is 0 Å². The third-order valence-corrected chi connectivity index (χ3v) is 4.21. The first kappa shape index (κ1) is 17.4. The number of para-hydroxylation sites is 1. The zero-order chi connectivity index (χ0) is 16.8. The highest BCUT2D eigenvalue weighted by Gasteiger charge is 2.13. The molecule has 0 radical (unpaired) electrons. The van der Waals surface area contributed by atoms with Crippen LogP contribution in [0.2, 0.25) is 0 Å². The first-order valence-corrected chi connectivity index (χ1v) is 8.59. The van der Waals surface area contributed by atoms with E-state index in [9.17, 15) is 4.79 Å². The van der Waals surface area contributed by atoms with Crippen molar-refractivity contribution in [2.75, 3.05) is 18.5 Å². The number of fused-ring (bicyclic) bond motifs is 1. The lowest BCUT2D eigenvalue weighted by Crippen LogP contribution is -2.43. The van der Waals surface area contributed by atoms with Crippen molar-refractivity contribution in [2.45, 2.75) is 40.0 Å². The number of nitrogens with zero attached hydrogens (tertiary/aromatic N) is 3. The number of aryl methyl sites for hydroxylation is 1. The molecule has 0 amide bonds. The van der Waals surface area contributed by atoms with E-state index in [0.717, 1.165) is 43.7 Å². The second-order valence-corrected chi connectivity index (χ2v) is 5.77. The summed E-state index contributed by atoms with van der Waals surface area (Å²) in [4.78, 5) is 19.5. The number of hydrogen-bond acceptors (Lipinski definition) is 3. The van der Waals surface area contributed by atoms with Crippen LogP contribution in [0.4, 0.5) is 0 Å². The summed E-state index contributed by atoms with van der Waals surface area (Å²) in [6.07, 6.45) is 2.76. The molecule has 0 aliphatic rings. The monoisotopic (exact) mass is 332 g/mol. The van der Waals surface area contributed by atoms with E-state index in [1.165, 1.54) is 4.68 Å². The molecule has 0 fully saturated rings. The molecule has 0 aliphatic heterocycles. The number of thiocarbonyl (C=S) groups is 1. The fraction of sp³-hybridized carbons (Fsp3) is 0.471. The number of rotatable bonds is 6. The van der Waals surface area contributed by atoms with Gasteiger partial charge in [-0.1, -0.05) is 25.5 Å². The van der Waals surface area contributed by atoms with Gasteiger partial charge in [-0.15, -0.1) is 0 Å². The third-order valence-electron chi connectivity index (χ3n) is 3.86. The van der Waals surface area contributed by atoms with Crippen molar-refractivity contribution in [3.05, 3.63) is 40.4 Å². The molecule has 2 aromatic rings. The maximum atomic E-state index is 12.8. The molecule has 124 valence electrons. The average molecular weight is 332 g/mol. The molecule has 0 atom stereocenters. The van der Waals surface area contributed by atoms with Gasteiger partial charge in [0, 0.05) is 19.5 Å². The minimum atomic E-state index is -0.101. The number of nitrogens with one attached hydrogen (secondary N) is 1. The third kappa shape index (κ3) is 3.88. The van der Waals surface area contributed by atoms with Crippen molar-refractivity contribution in [1.29, 1.82) is 0 Å². The molecule has 2 rings (SSSR count). The summed E-state index contributed by atoms with van der Waals surface area (Å²) in [5.74, 6) is 0.727. The van der Waals surface area contributed by atoms with Gasteiger partial charge in [0.15, 0.2) is 5.11 Å². The van der Waals surface area contributed by atoms with Crippen LogP contribution >= 0.6 is 12.2 Å². The molecule has 1 aromatic carbocycles. The van der Waals surface area contributed by atoms with E-state index in [1.54, 1.807) is 6.07 Å². The van der Waals surface area contributed by atoms with Gasteiger partial charge in [-0.05, 0) is 44.6 Å². The molecule has 0 saturated carbocycles. The summed E-state index contributed by atoms with van der Waals surface area (Å²) in [7, 11) is 0. The van der Waals surface area contributed by atoms with E-state index >= 15 is 0 Å². The molecular formula is C17H24N4OS. The van der Waals surface area contributed by atoms with Gasteiger partial charge in [0.1, 0.15) is 5.82 Å². The van der Waals surface area contributed by atoms with Gasteiger partial charge >= 0.3 is 0 Å². The molecule has 0 spiro atoms. The van der Waals surface area contributed by atoms with Gasteiger partial charge in [-0.3, -0.25) is 10.2 Å². The van der Waals surface area contributed by atoms with Crippen LogP contribution in [0.15, 0.2) is 29.1 Å². The summed E-state index contributed by atoms with van der Waals surface area (Å²) >= 11 is 5.44. The first-order chi connectivity index (χ1) is 11.1. The molecule has 0 bridgehead atoms. The summed E-state index contributed by atoms with van der Waals surface area (Å²) in [5, 5.41) is 1.15. The highest BCUT2D eigenvalue weighted by molar-refractivity contribution is 7.80. The van der Waals surface area contributed by atoms with Crippen LogP contribution in [0.5, 0.6) is 0 Å². The molecule has 5 nitrogen and oxygen atoms in total. The van der Waals surface area contributed by atoms with Crippen LogP contribution in [0.1, 0.15) is 39.4 Å². The topological polar surface area (TPSA) is 50.2 Å². The molecule has 6 heteroatoms. The van der Waals surface area contributed by atoms with Crippen molar-refractivity contribution in [2.24, 2.45) is 0 Å². The van der Waals surface area contributed by atoms with Gasteiger partial charge in [-0.2, -0.15) is 0 Å². The molecule has 0 unspecified atom stereocenters. The normalized spacial score (nSPS) is 10.7. The quantitative estimate of drug-likeness (QED) is 0.824. The number of unbranched alkanes of at least 4 members (excludes halogenated alkanes) is 1. The van der Waals surface area contributed by atoms with Crippen molar-refractivity contribution in [1.82, 2.24) is 14.6 Å². The lowest BCUT2D eigenvalue weighted by Gasteiger charge is -2.24. The summed E-state index contributed by atoms with van der Waals surface area (Å²) in [6, 6.07) is 7.42. The molecule has 1 N–H and O–H groups in total. The molecular weight excluding hydrogens is 308 g/mol. The van der Waals surface area contributed by atoms with E-state index in [-0.39, 0.29) is 5.56 Å². The largest absolute Gasteiger partial charge is 0.348 e. The highest BCUT2D eigenvalue weighted by atomic mass is 32.1. The lowest BCUT2D eigenvalue weighted by molar-refractivity contribution is 0.467. The van der Waals surface area contributed by atoms with Crippen LogP contribution in [0.25, 0.3) is 10.9 Å². The first-order valence-electron chi connectivity index (χ1n) is 8.18. The SMILES string of the molecule is CCCCc1nc2ccccc2c(=O)n1NC(=S)N(CC)CC. The van der Waals surface area contributed by atoms with E-state index in [2.05, 4.69) is 17.3 Å². The Morgan fingerprint density at radius 2 is 1.96 bits per heavy atom. The fourth-order valence-electron chi connectivity index (χ4n) is 2.47. The Balaban J connectivity index is 2.48. The molecule has 1 aromatic heterocycles. The van der Waals surface area contributed by atoms with Crippen molar-refractivity contribution in [3.63, 3.8) is 0 Å². The standard InChI is InChI=1S/C17H24N4OS/c1-4-7-12-15-18-14-11-9-8-10-13(14)16(22)21(15)19-17(23)20(5-2)6-3/h8-11H,4-7,12H2,1-3H3,(H,19,23). The van der Waals surface area contributed by atoms with Crippen LogP contribution in [-0.4, -0.2) is 32.8 Å². The Labute approximate surface area is 142 Å². The zero-order valence-corrected chi connectivity index (χ0v) is 14.8. The van der Waals surface area contributed by atoms with E-state index in [1.807, 2.05) is 36.9 Å². The molecule has 23 heavy (non-hydrogen) atoms. The summed E-state index contributed by atoms with van der Waals surface area (Å²) < 4.78 is 1.51. The average Bonchev–Trinajstić information content (AvgIpc) is 2.57. The highest BCUT2D eigenvalue weighted by Crippen LogP contribution is 2.09. The Hall–Kier alpha value is -1.95. The van der Waals surface area contributed by atoms with Crippen LogP contribution in [0, 0.1) is 0 Å². The number of aromatic nitrogens is 2.